The number of carbonyl (C=O) groups is 1. The van der Waals surface area contributed by atoms with Gasteiger partial charge in [0.1, 0.15) is 11.2 Å². The van der Waals surface area contributed by atoms with Crippen LogP contribution in [0.4, 0.5) is 10.1 Å². The molecule has 4 N–H and O–H groups in total. The van der Waals surface area contributed by atoms with Crippen molar-refractivity contribution in [1.29, 1.82) is 0 Å². The smallest absolute Gasteiger partial charge is 0.238 e. The molecule has 0 radical (unpaired) electrons. The summed E-state index contributed by atoms with van der Waals surface area (Å²) >= 11 is 11.8. The highest BCUT2D eigenvalue weighted by Crippen LogP contribution is 2.35. The van der Waals surface area contributed by atoms with E-state index in [2.05, 4.69) is 10.5 Å². The predicted molar refractivity (Wildman–Crippen MR) is 81.5 cm³/mol. The number of halogens is 3. The Morgan fingerprint density at radius 2 is 1.86 bits per heavy atom. The first-order chi connectivity index (χ1) is 9.82. The van der Waals surface area contributed by atoms with E-state index in [-0.39, 0.29) is 21.6 Å². The monoisotopic (exact) mass is 335 g/mol. The van der Waals surface area contributed by atoms with E-state index in [1.807, 2.05) is 0 Å². The molecule has 5 nitrogen and oxygen atoms in total. The van der Waals surface area contributed by atoms with Crippen LogP contribution < -0.4 is 11.1 Å². The summed E-state index contributed by atoms with van der Waals surface area (Å²) < 4.78 is 13.1. The van der Waals surface area contributed by atoms with E-state index in [1.54, 1.807) is 13.8 Å². The van der Waals surface area contributed by atoms with Crippen molar-refractivity contribution in [3.05, 3.63) is 28.0 Å². The molecule has 116 valence electrons. The fourth-order valence-electron chi connectivity index (χ4n) is 2.04. The van der Waals surface area contributed by atoms with Crippen molar-refractivity contribution in [1.82, 2.24) is 0 Å². The zero-order chi connectivity index (χ0) is 16.2. The maximum absolute atomic E-state index is 13.1. The Kier molecular flexibility index (Phi) is 5.80. The van der Waals surface area contributed by atoms with Gasteiger partial charge in [0.2, 0.25) is 5.91 Å². The summed E-state index contributed by atoms with van der Waals surface area (Å²) in [7, 11) is 0. The van der Waals surface area contributed by atoms with E-state index in [1.165, 1.54) is 0 Å². The normalized spacial score (nSPS) is 12.3. The first-order valence-electron chi connectivity index (χ1n) is 6.26. The average molecular weight is 336 g/mol. The lowest BCUT2D eigenvalue weighted by atomic mass is 9.80. The Morgan fingerprint density at radius 1 is 1.38 bits per heavy atom. The van der Waals surface area contributed by atoms with Crippen molar-refractivity contribution >= 4 is 40.6 Å². The van der Waals surface area contributed by atoms with Crippen LogP contribution in [0.15, 0.2) is 17.3 Å². The van der Waals surface area contributed by atoms with E-state index in [0.29, 0.717) is 12.8 Å². The van der Waals surface area contributed by atoms with Crippen LogP contribution in [-0.2, 0) is 4.79 Å². The maximum atomic E-state index is 13.1. The molecule has 0 spiro atoms. The molecule has 1 aromatic rings. The summed E-state index contributed by atoms with van der Waals surface area (Å²) in [6.07, 6.45) is 0.614. The summed E-state index contributed by atoms with van der Waals surface area (Å²) in [6.45, 7) is 3.46. The molecule has 0 saturated heterocycles. The second-order valence-corrected chi connectivity index (χ2v) is 5.29. The van der Waals surface area contributed by atoms with Gasteiger partial charge < -0.3 is 16.3 Å². The van der Waals surface area contributed by atoms with Gasteiger partial charge in [-0.15, -0.1) is 0 Å². The minimum atomic E-state index is -1.20. The van der Waals surface area contributed by atoms with Crippen molar-refractivity contribution in [2.75, 3.05) is 5.32 Å². The lowest BCUT2D eigenvalue weighted by Crippen LogP contribution is -2.46. The third-order valence-electron chi connectivity index (χ3n) is 3.49. The minimum absolute atomic E-state index is 0.0334. The number of hydrogen-bond donors (Lipinski definition) is 3. The summed E-state index contributed by atoms with van der Waals surface area (Å²) in [5.74, 6) is -1.35. The topological polar surface area (TPSA) is 87.7 Å². The number of amidine groups is 1. The number of rotatable bonds is 5. The van der Waals surface area contributed by atoms with Gasteiger partial charge in [0, 0.05) is 0 Å². The first-order valence-corrected chi connectivity index (χ1v) is 7.02. The number of amides is 1. The standard InChI is InChI=1S/C13H16Cl2FN3O2/c1-3-13(4-2,11(17)19-21)12(20)18-10-8(14)5-7(16)6-9(10)15/h5-6,21H,3-4H2,1-2H3,(H2,17,19)(H,18,20). The fourth-order valence-corrected chi connectivity index (χ4v) is 2.60. The molecule has 0 aliphatic heterocycles. The molecule has 0 bridgehead atoms. The van der Waals surface area contributed by atoms with Gasteiger partial charge in [0.25, 0.3) is 0 Å². The van der Waals surface area contributed by atoms with Gasteiger partial charge in [-0.3, -0.25) is 4.79 Å². The van der Waals surface area contributed by atoms with Gasteiger partial charge in [0.15, 0.2) is 5.84 Å². The summed E-state index contributed by atoms with van der Waals surface area (Å²) in [5, 5.41) is 14.3. The molecule has 1 amide bonds. The molecular weight excluding hydrogens is 320 g/mol. The zero-order valence-electron chi connectivity index (χ0n) is 11.6. The van der Waals surface area contributed by atoms with Gasteiger partial charge in [0.05, 0.1) is 15.7 Å². The van der Waals surface area contributed by atoms with Crippen molar-refractivity contribution in [2.24, 2.45) is 16.3 Å². The van der Waals surface area contributed by atoms with Crippen molar-refractivity contribution in [3.8, 4) is 0 Å². The molecule has 0 aromatic heterocycles. The molecule has 0 aliphatic rings. The Hall–Kier alpha value is -1.53. The van der Waals surface area contributed by atoms with Crippen LogP contribution in [0.2, 0.25) is 10.0 Å². The molecule has 0 aliphatic carbocycles. The summed E-state index contributed by atoms with van der Waals surface area (Å²) in [5.41, 5.74) is 4.53. The molecule has 0 fully saturated rings. The SMILES string of the molecule is CCC(CC)(C(=O)Nc1c(Cl)cc(F)cc1Cl)C(N)=NO. The van der Waals surface area contributed by atoms with Gasteiger partial charge in [-0.2, -0.15) is 0 Å². The molecule has 1 rings (SSSR count). The number of nitrogens with zero attached hydrogens (tertiary/aromatic N) is 1. The van der Waals surface area contributed by atoms with Crippen molar-refractivity contribution < 1.29 is 14.4 Å². The molecule has 0 atom stereocenters. The Bertz CT molecular complexity index is 552. The number of hydrogen-bond acceptors (Lipinski definition) is 3. The predicted octanol–water partition coefficient (Wildman–Crippen LogP) is 3.62. The van der Waals surface area contributed by atoms with Crippen LogP contribution in [0.1, 0.15) is 26.7 Å². The number of oxime groups is 1. The third-order valence-corrected chi connectivity index (χ3v) is 4.08. The van der Waals surface area contributed by atoms with Gasteiger partial charge in [-0.05, 0) is 25.0 Å². The second kappa shape index (κ2) is 6.95. The van der Waals surface area contributed by atoms with Crippen LogP contribution >= 0.6 is 23.2 Å². The van der Waals surface area contributed by atoms with Crippen LogP contribution in [0.3, 0.4) is 0 Å². The second-order valence-electron chi connectivity index (χ2n) is 4.47. The Labute approximate surface area is 131 Å². The van der Waals surface area contributed by atoms with Crippen LogP contribution in [-0.4, -0.2) is 17.0 Å². The molecule has 0 heterocycles. The summed E-state index contributed by atoms with van der Waals surface area (Å²) in [4.78, 5) is 12.5. The molecular formula is C13H16Cl2FN3O2. The molecule has 1 aromatic carbocycles. The van der Waals surface area contributed by atoms with E-state index in [0.717, 1.165) is 12.1 Å². The largest absolute Gasteiger partial charge is 0.409 e. The molecule has 8 heteroatoms. The van der Waals surface area contributed by atoms with Crippen LogP contribution in [0.5, 0.6) is 0 Å². The minimum Gasteiger partial charge on any atom is -0.409 e. The van der Waals surface area contributed by atoms with Crippen molar-refractivity contribution in [3.63, 3.8) is 0 Å². The van der Waals surface area contributed by atoms with Gasteiger partial charge in [-0.25, -0.2) is 4.39 Å². The third kappa shape index (κ3) is 3.39. The van der Waals surface area contributed by atoms with Crippen molar-refractivity contribution in [2.45, 2.75) is 26.7 Å². The lowest BCUT2D eigenvalue weighted by Gasteiger charge is -2.29. The molecule has 21 heavy (non-hydrogen) atoms. The first kappa shape index (κ1) is 17.5. The number of carbonyl (C=O) groups excluding carboxylic acids is 1. The van der Waals surface area contributed by atoms with Gasteiger partial charge in [-0.1, -0.05) is 42.2 Å². The van der Waals surface area contributed by atoms with E-state index in [9.17, 15) is 9.18 Å². The maximum Gasteiger partial charge on any atom is 0.238 e. The lowest BCUT2D eigenvalue weighted by molar-refractivity contribution is -0.122. The summed E-state index contributed by atoms with van der Waals surface area (Å²) in [6, 6.07) is 2.07. The fraction of sp³-hybridized carbons (Fsp3) is 0.385. The van der Waals surface area contributed by atoms with Gasteiger partial charge >= 0.3 is 0 Å². The molecule has 0 saturated carbocycles. The highest BCUT2D eigenvalue weighted by Gasteiger charge is 2.40. The van der Waals surface area contributed by atoms with Crippen LogP contribution in [0.25, 0.3) is 0 Å². The Balaban J connectivity index is 3.21. The average Bonchev–Trinajstić information content (AvgIpc) is 2.44. The van der Waals surface area contributed by atoms with E-state index < -0.39 is 17.1 Å². The number of nitrogens with two attached hydrogens (primary N) is 1. The number of benzene rings is 1. The van der Waals surface area contributed by atoms with E-state index >= 15 is 0 Å². The quantitative estimate of drug-likeness (QED) is 0.332. The highest BCUT2D eigenvalue weighted by atomic mass is 35.5. The van der Waals surface area contributed by atoms with Crippen LogP contribution in [0, 0.1) is 11.2 Å². The number of nitrogens with one attached hydrogen (secondary N) is 1. The highest BCUT2D eigenvalue weighted by molar-refractivity contribution is 6.40. The molecule has 0 unspecified atom stereocenters. The Morgan fingerprint density at radius 3 is 2.24 bits per heavy atom. The number of anilines is 1. The zero-order valence-corrected chi connectivity index (χ0v) is 13.1. The van der Waals surface area contributed by atoms with E-state index in [4.69, 9.17) is 34.1 Å².